The van der Waals surface area contributed by atoms with Gasteiger partial charge in [0.15, 0.2) is 0 Å². The number of hydrogen-bond donors (Lipinski definition) is 1. The molecule has 0 aromatic heterocycles. The minimum atomic E-state index is -0.230. The van der Waals surface area contributed by atoms with Crippen molar-refractivity contribution in [1.29, 1.82) is 0 Å². The number of hydrazone groups is 1. The molecule has 0 aliphatic carbocycles. The number of amides is 1. The summed E-state index contributed by atoms with van der Waals surface area (Å²) in [6.45, 7) is 0. The summed E-state index contributed by atoms with van der Waals surface area (Å²) < 4.78 is 11.2. The fraction of sp³-hybridized carbons (Fsp3) is 0.176. The maximum atomic E-state index is 11.9. The molecule has 1 amide bonds. The van der Waals surface area contributed by atoms with E-state index in [1.807, 2.05) is 0 Å². The lowest BCUT2D eigenvalue weighted by atomic mass is 10.1. The minimum absolute atomic E-state index is 0.213. The highest BCUT2D eigenvalue weighted by Gasteiger charge is 2.11. The largest absolute Gasteiger partial charge is 0.496 e. The Hall–Kier alpha value is -2.05. The highest BCUT2D eigenvalue weighted by molar-refractivity contribution is 9.10. The van der Waals surface area contributed by atoms with Crippen LogP contribution < -0.4 is 14.9 Å². The maximum Gasteiger partial charge on any atom is 0.244 e. The van der Waals surface area contributed by atoms with E-state index in [9.17, 15) is 4.79 Å². The molecule has 0 spiro atoms. The third-order valence-electron chi connectivity index (χ3n) is 3.21. The molecule has 0 saturated carbocycles. The number of hydrogen-bond acceptors (Lipinski definition) is 4. The molecule has 0 atom stereocenters. The van der Waals surface area contributed by atoms with Gasteiger partial charge in [-0.1, -0.05) is 23.7 Å². The Labute approximate surface area is 153 Å². The Balaban J connectivity index is 2.05. The Kier molecular flexibility index (Phi) is 6.63. The summed E-state index contributed by atoms with van der Waals surface area (Å²) in [6, 6.07) is 10.6. The van der Waals surface area contributed by atoms with Crippen LogP contribution in [-0.4, -0.2) is 26.3 Å². The molecule has 126 valence electrons. The monoisotopic (exact) mass is 410 g/mol. The first-order valence-electron chi connectivity index (χ1n) is 7.02. The van der Waals surface area contributed by atoms with Crippen LogP contribution in [0, 0.1) is 0 Å². The molecule has 0 radical (unpaired) electrons. The molecule has 0 fully saturated rings. The van der Waals surface area contributed by atoms with Gasteiger partial charge in [0, 0.05) is 5.02 Å². The number of halogens is 2. The van der Waals surface area contributed by atoms with E-state index in [-0.39, 0.29) is 12.3 Å². The van der Waals surface area contributed by atoms with Gasteiger partial charge in [-0.25, -0.2) is 5.43 Å². The maximum absolute atomic E-state index is 11.9. The lowest BCUT2D eigenvalue weighted by Gasteiger charge is -2.10. The molecule has 0 heterocycles. The second-order valence-electron chi connectivity index (χ2n) is 4.79. The van der Waals surface area contributed by atoms with Gasteiger partial charge in [-0.3, -0.25) is 4.79 Å². The van der Waals surface area contributed by atoms with E-state index in [1.54, 1.807) is 50.6 Å². The van der Waals surface area contributed by atoms with Gasteiger partial charge in [0.05, 0.1) is 36.9 Å². The van der Waals surface area contributed by atoms with Gasteiger partial charge in [0.2, 0.25) is 5.91 Å². The van der Waals surface area contributed by atoms with Gasteiger partial charge in [0.25, 0.3) is 0 Å². The van der Waals surface area contributed by atoms with Crippen LogP contribution in [0.5, 0.6) is 11.5 Å². The van der Waals surface area contributed by atoms with Crippen LogP contribution in [0.25, 0.3) is 0 Å². The molecule has 1 N–H and O–H groups in total. The van der Waals surface area contributed by atoms with E-state index in [1.165, 1.54) is 6.21 Å². The standard InChI is InChI=1S/C17H16BrClN2O3/c1-23-14-7-8-15(24-2)17(18)13(14)10-20-21-16(22)9-11-3-5-12(19)6-4-11/h3-8,10H,9H2,1-2H3,(H,21,22)/b20-10-. The smallest absolute Gasteiger partial charge is 0.244 e. The van der Waals surface area contributed by atoms with Crippen molar-refractivity contribution in [3.63, 3.8) is 0 Å². The highest BCUT2D eigenvalue weighted by Crippen LogP contribution is 2.33. The zero-order chi connectivity index (χ0) is 17.5. The summed E-state index contributed by atoms with van der Waals surface area (Å²) in [5.74, 6) is 1.02. The van der Waals surface area contributed by atoms with Crippen molar-refractivity contribution in [3.05, 3.63) is 57.0 Å². The average molecular weight is 412 g/mol. The minimum Gasteiger partial charge on any atom is -0.496 e. The van der Waals surface area contributed by atoms with Crippen molar-refractivity contribution in [2.45, 2.75) is 6.42 Å². The molecular formula is C17H16BrClN2O3. The fourth-order valence-electron chi connectivity index (χ4n) is 2.01. The summed E-state index contributed by atoms with van der Waals surface area (Å²) in [7, 11) is 3.13. The van der Waals surface area contributed by atoms with E-state index in [4.69, 9.17) is 21.1 Å². The molecule has 0 aliphatic rings. The molecule has 2 aromatic rings. The van der Waals surface area contributed by atoms with Gasteiger partial charge in [0.1, 0.15) is 11.5 Å². The Morgan fingerprint density at radius 1 is 1.17 bits per heavy atom. The van der Waals surface area contributed by atoms with Gasteiger partial charge in [-0.2, -0.15) is 5.10 Å². The molecule has 0 bridgehead atoms. The predicted molar refractivity (Wildman–Crippen MR) is 98.1 cm³/mol. The molecule has 0 unspecified atom stereocenters. The van der Waals surface area contributed by atoms with Crippen molar-refractivity contribution in [1.82, 2.24) is 5.43 Å². The van der Waals surface area contributed by atoms with E-state index in [0.29, 0.717) is 26.6 Å². The van der Waals surface area contributed by atoms with Gasteiger partial charge < -0.3 is 9.47 Å². The fourth-order valence-corrected chi connectivity index (χ4v) is 2.72. The third kappa shape index (κ3) is 4.72. The van der Waals surface area contributed by atoms with Crippen LogP contribution in [0.3, 0.4) is 0 Å². The number of methoxy groups -OCH3 is 2. The SMILES string of the molecule is COc1ccc(OC)c(/C=N\NC(=O)Cc2ccc(Cl)cc2)c1Br. The molecule has 2 aromatic carbocycles. The highest BCUT2D eigenvalue weighted by atomic mass is 79.9. The third-order valence-corrected chi connectivity index (χ3v) is 4.27. The van der Waals surface area contributed by atoms with E-state index < -0.39 is 0 Å². The van der Waals surface area contributed by atoms with Crippen LogP contribution in [0.4, 0.5) is 0 Å². The number of carbonyl (C=O) groups excluding carboxylic acids is 1. The van der Waals surface area contributed by atoms with Crippen LogP contribution in [0.15, 0.2) is 46.0 Å². The Bertz CT molecular complexity index is 748. The molecule has 24 heavy (non-hydrogen) atoms. The van der Waals surface area contributed by atoms with Crippen LogP contribution in [0.2, 0.25) is 5.02 Å². The summed E-state index contributed by atoms with van der Waals surface area (Å²) >= 11 is 9.26. The molecule has 0 saturated heterocycles. The molecular weight excluding hydrogens is 396 g/mol. The van der Waals surface area contributed by atoms with Crippen molar-refractivity contribution in [3.8, 4) is 11.5 Å². The van der Waals surface area contributed by atoms with Gasteiger partial charge in [-0.15, -0.1) is 0 Å². The van der Waals surface area contributed by atoms with Crippen LogP contribution >= 0.6 is 27.5 Å². The number of nitrogens with zero attached hydrogens (tertiary/aromatic N) is 1. The lowest BCUT2D eigenvalue weighted by Crippen LogP contribution is -2.19. The van der Waals surface area contributed by atoms with Crippen LogP contribution in [-0.2, 0) is 11.2 Å². The predicted octanol–water partition coefficient (Wildman–Crippen LogP) is 3.81. The van der Waals surface area contributed by atoms with Crippen molar-refractivity contribution >= 4 is 39.7 Å². The second kappa shape index (κ2) is 8.70. The molecule has 5 nitrogen and oxygen atoms in total. The quantitative estimate of drug-likeness (QED) is 0.581. The van der Waals surface area contributed by atoms with E-state index in [2.05, 4.69) is 26.5 Å². The summed E-state index contributed by atoms with van der Waals surface area (Å²) in [5.41, 5.74) is 4.01. The van der Waals surface area contributed by atoms with Crippen molar-refractivity contribution < 1.29 is 14.3 Å². The second-order valence-corrected chi connectivity index (χ2v) is 6.02. The summed E-state index contributed by atoms with van der Waals surface area (Å²) in [5, 5.41) is 4.62. The lowest BCUT2D eigenvalue weighted by molar-refractivity contribution is -0.120. The van der Waals surface area contributed by atoms with Crippen molar-refractivity contribution in [2.24, 2.45) is 5.10 Å². The Morgan fingerprint density at radius 2 is 1.79 bits per heavy atom. The molecule has 2 rings (SSSR count). The van der Waals surface area contributed by atoms with Gasteiger partial charge >= 0.3 is 0 Å². The number of rotatable bonds is 6. The normalized spacial score (nSPS) is 10.7. The first-order valence-corrected chi connectivity index (χ1v) is 8.19. The Morgan fingerprint density at radius 3 is 2.42 bits per heavy atom. The topological polar surface area (TPSA) is 59.9 Å². The number of benzene rings is 2. The number of carbonyl (C=O) groups is 1. The number of ether oxygens (including phenoxy) is 2. The molecule has 7 heteroatoms. The zero-order valence-corrected chi connectivity index (χ0v) is 15.5. The molecule has 0 aliphatic heterocycles. The summed E-state index contributed by atoms with van der Waals surface area (Å²) in [6.07, 6.45) is 1.72. The first-order chi connectivity index (χ1) is 11.5. The van der Waals surface area contributed by atoms with Gasteiger partial charge in [-0.05, 0) is 45.8 Å². The van der Waals surface area contributed by atoms with E-state index >= 15 is 0 Å². The number of nitrogens with one attached hydrogen (secondary N) is 1. The van der Waals surface area contributed by atoms with E-state index in [0.717, 1.165) is 5.56 Å². The zero-order valence-electron chi connectivity index (χ0n) is 13.2. The summed E-state index contributed by atoms with van der Waals surface area (Å²) in [4.78, 5) is 11.9. The average Bonchev–Trinajstić information content (AvgIpc) is 2.58. The first kappa shape index (κ1) is 18.3. The van der Waals surface area contributed by atoms with Crippen LogP contribution in [0.1, 0.15) is 11.1 Å². The van der Waals surface area contributed by atoms with Crippen molar-refractivity contribution in [2.75, 3.05) is 14.2 Å².